The zero-order valence-electron chi connectivity index (χ0n) is 20.6. The summed E-state index contributed by atoms with van der Waals surface area (Å²) >= 11 is 0. The van der Waals surface area contributed by atoms with Crippen molar-refractivity contribution in [1.29, 1.82) is 0 Å². The fraction of sp³-hybridized carbons (Fsp3) is 0.375. The Morgan fingerprint density at radius 1 is 0.923 bits per heavy atom. The van der Waals surface area contributed by atoms with Crippen LogP contribution in [-0.2, 0) is 14.8 Å². The van der Waals surface area contributed by atoms with E-state index in [-0.39, 0.29) is 22.7 Å². The van der Waals surface area contributed by atoms with Crippen LogP contribution in [0.3, 0.4) is 0 Å². The molecule has 0 radical (unpaired) electrons. The van der Waals surface area contributed by atoms with Gasteiger partial charge in [-0.3, -0.25) is 10.1 Å². The van der Waals surface area contributed by atoms with Gasteiger partial charge in [0.05, 0.1) is 11.1 Å². The molecule has 3 amide bonds. The van der Waals surface area contributed by atoms with Crippen molar-refractivity contribution in [2.45, 2.75) is 61.5 Å². The third-order valence-corrected chi connectivity index (χ3v) is 8.37. The summed E-state index contributed by atoms with van der Waals surface area (Å²) in [4.78, 5) is 32.8. The van der Waals surface area contributed by atoms with Crippen LogP contribution in [0.5, 0.6) is 0 Å². The minimum Gasteiger partial charge on any atom is -0.351 e. The number of halogens is 1. The first-order valence-corrected chi connectivity index (χ1v) is 14.1. The molecular formula is C24H26FN9O4S. The van der Waals surface area contributed by atoms with E-state index in [1.807, 2.05) is 0 Å². The van der Waals surface area contributed by atoms with E-state index in [2.05, 4.69) is 41.1 Å². The standard InChI is InChI=1S/C24H26FN9O4S/c25-14-1-9-18(10-2-14)39(37,38)33-17-7-5-15(6-8-17)27-22-30-20-13(11-19-21(35)31-24(36)29-19)12-26-34(20)23(32-22)28-16-3-4-16/h1-2,9-12,15-17,33H,3-8H2,(H2,27,28,30,32)(H2,29,31,35,36)/b19-11-/t15-,17-. The van der Waals surface area contributed by atoms with Crippen molar-refractivity contribution < 1.29 is 22.4 Å². The SMILES string of the molecule is O=C1NC(=O)/C(=C/c2cnn3c(NC4CC4)nc(N[C@H]4CC[C@H](NS(=O)(=O)c5ccc(F)cc5)CC4)nc23)N1. The monoisotopic (exact) mass is 555 g/mol. The number of hydrogen-bond acceptors (Lipinski definition) is 9. The summed E-state index contributed by atoms with van der Waals surface area (Å²) in [5.74, 6) is -0.141. The predicted octanol–water partition coefficient (Wildman–Crippen LogP) is 1.72. The van der Waals surface area contributed by atoms with Crippen molar-refractivity contribution in [2.24, 2.45) is 0 Å². The van der Waals surface area contributed by atoms with Crippen molar-refractivity contribution in [1.82, 2.24) is 34.9 Å². The molecule has 0 unspecified atom stereocenters. The van der Waals surface area contributed by atoms with E-state index in [9.17, 15) is 22.4 Å². The molecule has 13 nitrogen and oxygen atoms in total. The Hall–Kier alpha value is -4.11. The molecule has 0 spiro atoms. The van der Waals surface area contributed by atoms with E-state index in [1.54, 1.807) is 10.7 Å². The average molecular weight is 556 g/mol. The van der Waals surface area contributed by atoms with Crippen LogP contribution in [0.2, 0.25) is 0 Å². The third-order valence-electron chi connectivity index (χ3n) is 6.83. The number of aromatic nitrogens is 4. The van der Waals surface area contributed by atoms with E-state index in [1.165, 1.54) is 18.2 Å². The summed E-state index contributed by atoms with van der Waals surface area (Å²) < 4.78 is 42.8. The molecule has 0 atom stereocenters. The molecule has 204 valence electrons. The van der Waals surface area contributed by atoms with E-state index >= 15 is 0 Å². The maximum Gasteiger partial charge on any atom is 0.326 e. The minimum atomic E-state index is -3.74. The number of imide groups is 1. The van der Waals surface area contributed by atoms with Crippen LogP contribution in [0.15, 0.2) is 41.1 Å². The Morgan fingerprint density at radius 3 is 2.26 bits per heavy atom. The quantitative estimate of drug-likeness (QED) is 0.205. The molecular weight excluding hydrogens is 529 g/mol. The summed E-state index contributed by atoms with van der Waals surface area (Å²) in [6, 6.07) is 4.22. The first-order valence-electron chi connectivity index (χ1n) is 12.6. The number of carbonyl (C=O) groups is 2. The van der Waals surface area contributed by atoms with E-state index in [0.29, 0.717) is 54.8 Å². The number of amides is 3. The second-order valence-corrected chi connectivity index (χ2v) is 11.6. The molecule has 3 heterocycles. The van der Waals surface area contributed by atoms with Gasteiger partial charge in [0.2, 0.25) is 21.9 Å². The van der Waals surface area contributed by atoms with Gasteiger partial charge in [-0.15, -0.1) is 0 Å². The highest BCUT2D eigenvalue weighted by molar-refractivity contribution is 7.89. The lowest BCUT2D eigenvalue weighted by Crippen LogP contribution is -2.40. The van der Waals surface area contributed by atoms with Crippen LogP contribution < -0.4 is 26.0 Å². The van der Waals surface area contributed by atoms with Gasteiger partial charge >= 0.3 is 6.03 Å². The second kappa shape index (κ2) is 9.89. The average Bonchev–Trinajstić information content (AvgIpc) is 3.53. The van der Waals surface area contributed by atoms with Crippen molar-refractivity contribution in [2.75, 3.05) is 10.6 Å². The maximum absolute atomic E-state index is 13.2. The maximum atomic E-state index is 13.2. The van der Waals surface area contributed by atoms with Gasteiger partial charge in [-0.25, -0.2) is 22.3 Å². The summed E-state index contributed by atoms with van der Waals surface area (Å²) in [6.07, 6.45) is 7.68. The molecule has 2 aliphatic carbocycles. The lowest BCUT2D eigenvalue weighted by atomic mass is 9.92. The van der Waals surface area contributed by atoms with Crippen LogP contribution in [-0.4, -0.2) is 58.1 Å². The zero-order valence-corrected chi connectivity index (χ0v) is 21.5. The molecule has 39 heavy (non-hydrogen) atoms. The molecule has 5 N–H and O–H groups in total. The summed E-state index contributed by atoms with van der Waals surface area (Å²) in [6.45, 7) is 0. The number of urea groups is 1. The molecule has 3 aromatic rings. The molecule has 1 saturated heterocycles. The Balaban J connectivity index is 1.17. The van der Waals surface area contributed by atoms with Crippen LogP contribution in [0.1, 0.15) is 44.1 Å². The van der Waals surface area contributed by atoms with E-state index in [0.717, 1.165) is 25.0 Å². The largest absolute Gasteiger partial charge is 0.351 e. The fourth-order valence-electron chi connectivity index (χ4n) is 4.64. The Labute approximate surface area is 222 Å². The molecule has 0 bridgehead atoms. The molecule has 1 aromatic carbocycles. The highest BCUT2D eigenvalue weighted by Gasteiger charge is 2.28. The number of carbonyl (C=O) groups excluding carboxylic acids is 2. The summed E-state index contributed by atoms with van der Waals surface area (Å²) in [7, 11) is -3.74. The van der Waals surface area contributed by atoms with Gasteiger partial charge in [0.25, 0.3) is 5.91 Å². The molecule has 15 heteroatoms. The smallest absolute Gasteiger partial charge is 0.326 e. The van der Waals surface area contributed by atoms with Crippen LogP contribution in [0.4, 0.5) is 21.1 Å². The number of hydrogen-bond donors (Lipinski definition) is 5. The normalized spacial score (nSPS) is 22.6. The van der Waals surface area contributed by atoms with Crippen molar-refractivity contribution in [3.05, 3.63) is 47.5 Å². The first kappa shape index (κ1) is 25.2. The Kier molecular flexibility index (Phi) is 6.38. The highest BCUT2D eigenvalue weighted by Crippen LogP contribution is 2.27. The molecule has 1 aliphatic heterocycles. The number of anilines is 2. The molecule has 3 aliphatic rings. The Bertz CT molecular complexity index is 1580. The van der Waals surface area contributed by atoms with Crippen molar-refractivity contribution in [3.63, 3.8) is 0 Å². The van der Waals surface area contributed by atoms with Crippen LogP contribution >= 0.6 is 0 Å². The van der Waals surface area contributed by atoms with Gasteiger partial charge < -0.3 is 16.0 Å². The van der Waals surface area contributed by atoms with Crippen LogP contribution in [0.25, 0.3) is 11.7 Å². The lowest BCUT2D eigenvalue weighted by Gasteiger charge is -2.29. The van der Waals surface area contributed by atoms with E-state index in [4.69, 9.17) is 0 Å². The molecule has 6 rings (SSSR count). The summed E-state index contributed by atoms with van der Waals surface area (Å²) in [5.41, 5.74) is 1.09. The van der Waals surface area contributed by atoms with Crippen molar-refractivity contribution >= 4 is 45.6 Å². The lowest BCUT2D eigenvalue weighted by molar-refractivity contribution is -0.115. The number of benzene rings is 1. The van der Waals surface area contributed by atoms with Crippen molar-refractivity contribution in [3.8, 4) is 0 Å². The van der Waals surface area contributed by atoms with Gasteiger partial charge in [-0.05, 0) is 68.9 Å². The zero-order chi connectivity index (χ0) is 27.1. The van der Waals surface area contributed by atoms with Gasteiger partial charge in [-0.1, -0.05) is 0 Å². The van der Waals surface area contributed by atoms with Gasteiger partial charge in [0.1, 0.15) is 11.5 Å². The number of sulfonamides is 1. The molecule has 2 saturated carbocycles. The number of nitrogens with zero attached hydrogens (tertiary/aromatic N) is 4. The number of nitrogens with one attached hydrogen (secondary N) is 5. The fourth-order valence-corrected chi connectivity index (χ4v) is 5.95. The summed E-state index contributed by atoms with van der Waals surface area (Å²) in [5, 5.41) is 15.7. The predicted molar refractivity (Wildman–Crippen MR) is 138 cm³/mol. The second-order valence-electron chi connectivity index (χ2n) is 9.86. The van der Waals surface area contributed by atoms with E-state index < -0.39 is 27.8 Å². The highest BCUT2D eigenvalue weighted by atomic mass is 32.2. The van der Waals surface area contributed by atoms with Gasteiger partial charge in [0, 0.05) is 23.7 Å². The topological polar surface area (TPSA) is 172 Å². The third kappa shape index (κ3) is 5.54. The minimum absolute atomic E-state index is 0.0115. The number of rotatable bonds is 8. The Morgan fingerprint density at radius 2 is 1.59 bits per heavy atom. The molecule has 2 aromatic heterocycles. The van der Waals surface area contributed by atoms with Gasteiger partial charge in [0.15, 0.2) is 5.65 Å². The number of fused-ring (bicyclic) bond motifs is 1. The van der Waals surface area contributed by atoms with Crippen LogP contribution in [0, 0.1) is 5.82 Å². The van der Waals surface area contributed by atoms with Gasteiger partial charge in [-0.2, -0.15) is 19.6 Å². The first-order chi connectivity index (χ1) is 18.7. The molecule has 3 fully saturated rings.